The lowest BCUT2D eigenvalue weighted by Crippen LogP contribution is -2.39. The molecule has 6 nitrogen and oxygen atoms in total. The van der Waals surface area contributed by atoms with Crippen molar-refractivity contribution in [2.45, 2.75) is 18.9 Å². The van der Waals surface area contributed by atoms with Gasteiger partial charge in [-0.05, 0) is 49.2 Å². The van der Waals surface area contributed by atoms with Crippen LogP contribution >= 0.6 is 0 Å². The lowest BCUT2D eigenvalue weighted by molar-refractivity contribution is 0.0696. The van der Waals surface area contributed by atoms with Gasteiger partial charge in [-0.3, -0.25) is 4.79 Å². The molecule has 2 aliphatic heterocycles. The molecule has 0 bridgehead atoms. The first-order chi connectivity index (χ1) is 16.2. The number of amides is 1. The number of carbonyl (C=O) groups excluding carboxylic acids is 1. The molecule has 4 aromatic rings. The Kier molecular flexibility index (Phi) is 4.75. The molecule has 7 heteroatoms. The summed E-state index contributed by atoms with van der Waals surface area (Å²) in [6.07, 6.45) is 1.52. The summed E-state index contributed by atoms with van der Waals surface area (Å²) in [5, 5.41) is 0. The Hall–Kier alpha value is -3.87. The van der Waals surface area contributed by atoms with Crippen LogP contribution in [0.25, 0.3) is 22.4 Å². The molecule has 0 atom stereocenters. The minimum atomic E-state index is -0.279. The van der Waals surface area contributed by atoms with Crippen molar-refractivity contribution in [1.29, 1.82) is 0 Å². The number of carbonyl (C=O) groups is 1. The minimum absolute atomic E-state index is 0.0171. The number of benzene rings is 3. The van der Waals surface area contributed by atoms with Gasteiger partial charge >= 0.3 is 0 Å². The summed E-state index contributed by atoms with van der Waals surface area (Å²) >= 11 is 0. The van der Waals surface area contributed by atoms with E-state index in [9.17, 15) is 9.18 Å². The third-order valence-electron chi connectivity index (χ3n) is 6.42. The van der Waals surface area contributed by atoms with Crippen LogP contribution in [0.1, 0.15) is 29.2 Å². The zero-order valence-corrected chi connectivity index (χ0v) is 17.9. The molecule has 0 N–H and O–H groups in total. The number of ether oxygens (including phenoxy) is 2. The van der Waals surface area contributed by atoms with E-state index < -0.39 is 0 Å². The number of fused-ring (bicyclic) bond motifs is 2. The lowest BCUT2D eigenvalue weighted by Gasteiger charge is -2.33. The molecule has 3 heterocycles. The fourth-order valence-electron chi connectivity index (χ4n) is 4.77. The van der Waals surface area contributed by atoms with Crippen LogP contribution in [0.4, 0.5) is 4.39 Å². The number of rotatable bonds is 3. The van der Waals surface area contributed by atoms with E-state index >= 15 is 0 Å². The maximum Gasteiger partial charge on any atom is 0.253 e. The van der Waals surface area contributed by atoms with Gasteiger partial charge < -0.3 is 18.9 Å². The Bertz CT molecular complexity index is 1340. The average Bonchev–Trinajstić information content (AvgIpc) is 3.48. The van der Waals surface area contributed by atoms with Crippen molar-refractivity contribution in [3.63, 3.8) is 0 Å². The lowest BCUT2D eigenvalue weighted by atomic mass is 10.0. The summed E-state index contributed by atoms with van der Waals surface area (Å²) in [5.41, 5.74) is 3.15. The molecule has 0 unspecified atom stereocenters. The van der Waals surface area contributed by atoms with Crippen LogP contribution in [-0.4, -0.2) is 40.2 Å². The van der Waals surface area contributed by atoms with Crippen LogP contribution in [0.15, 0.2) is 66.7 Å². The largest absolute Gasteiger partial charge is 0.454 e. The topological polar surface area (TPSA) is 56.6 Å². The molecule has 166 valence electrons. The fraction of sp³-hybridized carbons (Fsp3) is 0.231. The Morgan fingerprint density at radius 1 is 0.939 bits per heavy atom. The Morgan fingerprint density at radius 2 is 1.73 bits per heavy atom. The smallest absolute Gasteiger partial charge is 0.253 e. The van der Waals surface area contributed by atoms with Gasteiger partial charge in [0.1, 0.15) is 11.6 Å². The van der Waals surface area contributed by atoms with Crippen LogP contribution in [-0.2, 0) is 0 Å². The Balaban J connectivity index is 1.28. The molecule has 1 saturated heterocycles. The van der Waals surface area contributed by atoms with Crippen LogP contribution in [0.2, 0.25) is 0 Å². The third kappa shape index (κ3) is 3.50. The molecule has 0 aliphatic carbocycles. The van der Waals surface area contributed by atoms with E-state index in [2.05, 4.69) is 4.57 Å². The quantitative estimate of drug-likeness (QED) is 0.445. The highest BCUT2D eigenvalue weighted by Gasteiger charge is 2.28. The molecule has 33 heavy (non-hydrogen) atoms. The van der Waals surface area contributed by atoms with Crippen LogP contribution in [0.3, 0.4) is 0 Å². The molecule has 3 aromatic carbocycles. The normalized spacial score (nSPS) is 15.8. The predicted octanol–water partition coefficient (Wildman–Crippen LogP) is 5.05. The number of hydrogen-bond donors (Lipinski definition) is 0. The highest BCUT2D eigenvalue weighted by atomic mass is 19.1. The van der Waals surface area contributed by atoms with Gasteiger partial charge in [0.15, 0.2) is 11.5 Å². The molecular weight excluding hydrogens is 421 g/mol. The summed E-state index contributed by atoms with van der Waals surface area (Å²) in [4.78, 5) is 19.8. The summed E-state index contributed by atoms with van der Waals surface area (Å²) in [6, 6.07) is 20.1. The predicted molar refractivity (Wildman–Crippen MR) is 122 cm³/mol. The van der Waals surface area contributed by atoms with Gasteiger partial charge in [0.05, 0.1) is 11.0 Å². The maximum absolute atomic E-state index is 14.1. The Labute approximate surface area is 190 Å². The van der Waals surface area contributed by atoms with Crippen LogP contribution in [0.5, 0.6) is 11.5 Å². The number of hydrogen-bond acceptors (Lipinski definition) is 4. The van der Waals surface area contributed by atoms with Crippen molar-refractivity contribution < 1.29 is 18.7 Å². The summed E-state index contributed by atoms with van der Waals surface area (Å²) in [5.74, 6) is 1.81. The van der Waals surface area contributed by atoms with E-state index in [1.54, 1.807) is 30.3 Å². The first kappa shape index (κ1) is 19.8. The molecule has 0 saturated carbocycles. The molecule has 1 fully saturated rings. The van der Waals surface area contributed by atoms with Gasteiger partial charge in [0.2, 0.25) is 6.79 Å². The molecule has 0 radical (unpaired) electrons. The third-order valence-corrected chi connectivity index (χ3v) is 6.42. The molecular formula is C26H22FN3O3. The van der Waals surface area contributed by atoms with Gasteiger partial charge in [-0.15, -0.1) is 0 Å². The van der Waals surface area contributed by atoms with E-state index in [4.69, 9.17) is 14.5 Å². The SMILES string of the molecule is O=C(c1ccc2c(c1)OCO2)N1CCC(n2c(-c3ccccc3)nc3ccc(F)cc32)CC1. The van der Waals surface area contributed by atoms with Gasteiger partial charge in [-0.2, -0.15) is 0 Å². The number of halogens is 1. The molecule has 6 rings (SSSR count). The van der Waals surface area contributed by atoms with Gasteiger partial charge in [-0.1, -0.05) is 30.3 Å². The van der Waals surface area contributed by atoms with Gasteiger partial charge in [0, 0.05) is 30.3 Å². The second-order valence-corrected chi connectivity index (χ2v) is 8.40. The number of nitrogens with zero attached hydrogens (tertiary/aromatic N) is 3. The zero-order chi connectivity index (χ0) is 22.4. The van der Waals surface area contributed by atoms with Crippen molar-refractivity contribution in [3.05, 3.63) is 78.1 Å². The van der Waals surface area contributed by atoms with Crippen LogP contribution in [0, 0.1) is 5.82 Å². The van der Waals surface area contributed by atoms with E-state index in [0.29, 0.717) is 30.2 Å². The molecule has 2 aliphatic rings. The van der Waals surface area contributed by atoms with Crippen LogP contribution < -0.4 is 9.47 Å². The van der Waals surface area contributed by atoms with E-state index in [0.717, 1.165) is 35.3 Å². The van der Waals surface area contributed by atoms with E-state index in [-0.39, 0.29) is 24.6 Å². The number of imidazole rings is 1. The molecule has 0 spiro atoms. The van der Waals surface area contributed by atoms with Crippen molar-refractivity contribution in [2.24, 2.45) is 0 Å². The first-order valence-corrected chi connectivity index (χ1v) is 11.1. The average molecular weight is 443 g/mol. The highest BCUT2D eigenvalue weighted by Crippen LogP contribution is 2.35. The summed E-state index contributed by atoms with van der Waals surface area (Å²) in [7, 11) is 0. The summed E-state index contributed by atoms with van der Waals surface area (Å²) in [6.45, 7) is 1.41. The highest BCUT2D eigenvalue weighted by molar-refractivity contribution is 5.95. The van der Waals surface area contributed by atoms with Crippen molar-refractivity contribution in [2.75, 3.05) is 19.9 Å². The number of likely N-dealkylation sites (tertiary alicyclic amines) is 1. The van der Waals surface area contributed by atoms with Gasteiger partial charge in [0.25, 0.3) is 5.91 Å². The van der Waals surface area contributed by atoms with E-state index in [1.807, 2.05) is 35.2 Å². The first-order valence-electron chi connectivity index (χ1n) is 11.1. The van der Waals surface area contributed by atoms with Crippen molar-refractivity contribution >= 4 is 16.9 Å². The van der Waals surface area contributed by atoms with Crippen molar-refractivity contribution in [3.8, 4) is 22.9 Å². The zero-order valence-electron chi connectivity index (χ0n) is 17.9. The second kappa shape index (κ2) is 7.92. The molecule has 1 aromatic heterocycles. The molecule has 1 amide bonds. The maximum atomic E-state index is 14.1. The number of piperidine rings is 1. The summed E-state index contributed by atoms with van der Waals surface area (Å²) < 4.78 is 27.0. The van der Waals surface area contributed by atoms with E-state index in [1.165, 1.54) is 6.07 Å². The second-order valence-electron chi connectivity index (χ2n) is 8.40. The standard InChI is InChI=1S/C26H22FN3O3/c27-19-7-8-21-22(15-19)30(25(28-21)17-4-2-1-3-5-17)20-10-12-29(13-11-20)26(31)18-6-9-23-24(14-18)33-16-32-23/h1-9,14-15,20H,10-13,16H2. The van der Waals surface area contributed by atoms with Gasteiger partial charge in [-0.25, -0.2) is 9.37 Å². The van der Waals surface area contributed by atoms with Crippen molar-refractivity contribution in [1.82, 2.24) is 14.5 Å². The Morgan fingerprint density at radius 3 is 2.55 bits per heavy atom. The monoisotopic (exact) mass is 443 g/mol. The number of aromatic nitrogens is 2. The fourth-order valence-corrected chi connectivity index (χ4v) is 4.77. The minimum Gasteiger partial charge on any atom is -0.454 e.